The van der Waals surface area contributed by atoms with Crippen molar-refractivity contribution in [1.82, 2.24) is 0 Å². The SMILES string of the molecule is CSC1(CNc2ccc(C)cc2C(N)=S)CCCCC1. The molecular weight excluding hydrogens is 284 g/mol. The molecule has 0 bridgehead atoms. The first-order valence-electron chi connectivity index (χ1n) is 7.26. The zero-order chi connectivity index (χ0) is 14.6. The highest BCUT2D eigenvalue weighted by Crippen LogP contribution is 2.38. The molecule has 1 aromatic carbocycles. The minimum Gasteiger partial charge on any atom is -0.389 e. The molecule has 20 heavy (non-hydrogen) atoms. The summed E-state index contributed by atoms with van der Waals surface area (Å²) < 4.78 is 0.372. The van der Waals surface area contributed by atoms with Gasteiger partial charge in [0.2, 0.25) is 0 Å². The summed E-state index contributed by atoms with van der Waals surface area (Å²) in [5.74, 6) is 0. The Hall–Kier alpha value is -0.740. The first-order chi connectivity index (χ1) is 9.56. The number of hydrogen-bond acceptors (Lipinski definition) is 3. The summed E-state index contributed by atoms with van der Waals surface area (Å²) in [5, 5.41) is 3.59. The fourth-order valence-corrected chi connectivity index (χ4v) is 4.00. The highest BCUT2D eigenvalue weighted by molar-refractivity contribution is 8.00. The number of nitrogens with one attached hydrogen (secondary N) is 1. The molecule has 4 heteroatoms. The van der Waals surface area contributed by atoms with Crippen molar-refractivity contribution in [3.8, 4) is 0 Å². The molecule has 110 valence electrons. The van der Waals surface area contributed by atoms with Crippen molar-refractivity contribution >= 4 is 34.7 Å². The van der Waals surface area contributed by atoms with Crippen molar-refractivity contribution in [3.05, 3.63) is 29.3 Å². The van der Waals surface area contributed by atoms with Crippen molar-refractivity contribution in [2.24, 2.45) is 5.73 Å². The average molecular weight is 309 g/mol. The number of nitrogens with two attached hydrogens (primary N) is 1. The number of rotatable bonds is 5. The highest BCUT2D eigenvalue weighted by atomic mass is 32.2. The van der Waals surface area contributed by atoms with E-state index in [9.17, 15) is 0 Å². The van der Waals surface area contributed by atoms with Crippen molar-refractivity contribution in [2.45, 2.75) is 43.8 Å². The van der Waals surface area contributed by atoms with E-state index >= 15 is 0 Å². The molecule has 0 atom stereocenters. The van der Waals surface area contributed by atoms with Crippen molar-refractivity contribution < 1.29 is 0 Å². The number of thioether (sulfide) groups is 1. The topological polar surface area (TPSA) is 38.0 Å². The third kappa shape index (κ3) is 3.67. The average Bonchev–Trinajstić information content (AvgIpc) is 2.47. The van der Waals surface area contributed by atoms with E-state index in [0.29, 0.717) is 9.74 Å². The summed E-state index contributed by atoms with van der Waals surface area (Å²) in [5.41, 5.74) is 9.07. The Morgan fingerprint density at radius 2 is 2.05 bits per heavy atom. The molecule has 1 saturated carbocycles. The van der Waals surface area contributed by atoms with E-state index in [0.717, 1.165) is 17.8 Å². The van der Waals surface area contributed by atoms with E-state index < -0.39 is 0 Å². The van der Waals surface area contributed by atoms with E-state index in [4.69, 9.17) is 18.0 Å². The fourth-order valence-electron chi connectivity index (χ4n) is 2.92. The zero-order valence-electron chi connectivity index (χ0n) is 12.4. The molecule has 0 aromatic heterocycles. The van der Waals surface area contributed by atoms with Crippen molar-refractivity contribution in [2.75, 3.05) is 18.1 Å². The molecule has 2 nitrogen and oxygen atoms in total. The Bertz CT molecular complexity index is 479. The van der Waals surface area contributed by atoms with Crippen LogP contribution in [0.3, 0.4) is 0 Å². The van der Waals surface area contributed by atoms with E-state index in [1.165, 1.54) is 37.7 Å². The quantitative estimate of drug-likeness (QED) is 0.803. The Morgan fingerprint density at radius 3 is 2.65 bits per heavy atom. The van der Waals surface area contributed by atoms with Crippen LogP contribution in [0.4, 0.5) is 5.69 Å². The van der Waals surface area contributed by atoms with Crippen LogP contribution in [0, 0.1) is 6.92 Å². The van der Waals surface area contributed by atoms with Gasteiger partial charge >= 0.3 is 0 Å². The summed E-state index contributed by atoms with van der Waals surface area (Å²) in [6.45, 7) is 3.06. The Labute approximate surface area is 131 Å². The van der Waals surface area contributed by atoms with Gasteiger partial charge in [0, 0.05) is 22.5 Å². The molecule has 2 rings (SSSR count). The number of thiocarbonyl (C=S) groups is 1. The maximum atomic E-state index is 5.84. The lowest BCUT2D eigenvalue weighted by Gasteiger charge is -2.36. The van der Waals surface area contributed by atoms with Crippen LogP contribution in [-0.2, 0) is 0 Å². The second-order valence-electron chi connectivity index (χ2n) is 5.71. The normalized spacial score (nSPS) is 17.7. The van der Waals surface area contributed by atoms with Crippen LogP contribution in [0.1, 0.15) is 43.2 Å². The number of hydrogen-bond donors (Lipinski definition) is 2. The summed E-state index contributed by atoms with van der Waals surface area (Å²) in [6, 6.07) is 6.27. The summed E-state index contributed by atoms with van der Waals surface area (Å²) in [6.07, 6.45) is 8.91. The van der Waals surface area contributed by atoms with Gasteiger partial charge < -0.3 is 11.1 Å². The van der Waals surface area contributed by atoms with Crippen LogP contribution < -0.4 is 11.1 Å². The van der Waals surface area contributed by atoms with Gasteiger partial charge in [0.25, 0.3) is 0 Å². The van der Waals surface area contributed by atoms with Gasteiger partial charge in [0.05, 0.1) is 0 Å². The molecule has 0 unspecified atom stereocenters. The van der Waals surface area contributed by atoms with Gasteiger partial charge in [0.1, 0.15) is 4.99 Å². The number of benzene rings is 1. The summed E-state index contributed by atoms with van der Waals surface area (Å²) in [7, 11) is 0. The van der Waals surface area contributed by atoms with Crippen LogP contribution in [-0.4, -0.2) is 22.5 Å². The molecule has 1 aliphatic carbocycles. The molecule has 1 aliphatic rings. The molecule has 0 heterocycles. The van der Waals surface area contributed by atoms with E-state index in [2.05, 4.69) is 36.7 Å². The number of aryl methyl sites for hydroxylation is 1. The lowest BCUT2D eigenvalue weighted by atomic mass is 9.88. The third-order valence-corrected chi connectivity index (χ3v) is 5.88. The smallest absolute Gasteiger partial charge is 0.106 e. The second kappa shape index (κ2) is 6.81. The van der Waals surface area contributed by atoms with Gasteiger partial charge in [-0.15, -0.1) is 0 Å². The first-order valence-corrected chi connectivity index (χ1v) is 8.89. The van der Waals surface area contributed by atoms with Gasteiger partial charge in [-0.25, -0.2) is 0 Å². The van der Waals surface area contributed by atoms with Crippen molar-refractivity contribution in [1.29, 1.82) is 0 Å². The van der Waals surface area contributed by atoms with Crippen molar-refractivity contribution in [3.63, 3.8) is 0 Å². The predicted octanol–water partition coefficient (Wildman–Crippen LogP) is 4.11. The molecule has 0 aliphatic heterocycles. The van der Waals surface area contributed by atoms with Crippen LogP contribution in [0.2, 0.25) is 0 Å². The van der Waals surface area contributed by atoms with Gasteiger partial charge in [-0.05, 0) is 38.2 Å². The minimum atomic E-state index is 0.372. The maximum Gasteiger partial charge on any atom is 0.106 e. The first kappa shape index (κ1) is 15.6. The highest BCUT2D eigenvalue weighted by Gasteiger charge is 2.31. The van der Waals surface area contributed by atoms with E-state index in [-0.39, 0.29) is 0 Å². The molecule has 1 aromatic rings. The lowest BCUT2D eigenvalue weighted by Crippen LogP contribution is -2.36. The standard InChI is InChI=1S/C16H24N2S2/c1-12-6-7-14(13(10-12)15(17)19)18-11-16(20-2)8-4-3-5-9-16/h6-7,10,18H,3-5,8-9,11H2,1-2H3,(H2,17,19). The summed E-state index contributed by atoms with van der Waals surface area (Å²) >= 11 is 7.17. The van der Waals surface area contributed by atoms with Crippen LogP contribution in [0.5, 0.6) is 0 Å². The molecule has 0 amide bonds. The lowest BCUT2D eigenvalue weighted by molar-refractivity contribution is 0.411. The predicted molar refractivity (Wildman–Crippen MR) is 94.9 cm³/mol. The van der Waals surface area contributed by atoms with Crippen LogP contribution in [0.25, 0.3) is 0 Å². The Kier molecular flexibility index (Phi) is 5.33. The minimum absolute atomic E-state index is 0.372. The zero-order valence-corrected chi connectivity index (χ0v) is 14.0. The Morgan fingerprint density at radius 1 is 1.35 bits per heavy atom. The molecule has 0 saturated heterocycles. The summed E-state index contributed by atoms with van der Waals surface area (Å²) in [4.78, 5) is 0.470. The van der Waals surface area contributed by atoms with E-state index in [1.807, 2.05) is 11.8 Å². The van der Waals surface area contributed by atoms with E-state index in [1.54, 1.807) is 0 Å². The van der Waals surface area contributed by atoms with Gasteiger partial charge in [-0.3, -0.25) is 0 Å². The van der Waals surface area contributed by atoms with Gasteiger partial charge in [-0.2, -0.15) is 11.8 Å². The monoisotopic (exact) mass is 308 g/mol. The fraction of sp³-hybridized carbons (Fsp3) is 0.562. The Balaban J connectivity index is 2.11. The molecule has 3 N–H and O–H groups in total. The van der Waals surface area contributed by atoms with Gasteiger partial charge in [0.15, 0.2) is 0 Å². The second-order valence-corrected chi connectivity index (χ2v) is 7.43. The number of anilines is 1. The molecule has 1 fully saturated rings. The van der Waals surface area contributed by atoms with Gasteiger partial charge in [-0.1, -0.05) is 43.1 Å². The van der Waals surface area contributed by atoms with Crippen LogP contribution in [0.15, 0.2) is 18.2 Å². The molecular formula is C16H24N2S2. The largest absolute Gasteiger partial charge is 0.389 e. The molecule has 0 spiro atoms. The maximum absolute atomic E-state index is 5.84. The molecule has 0 radical (unpaired) electrons. The third-order valence-electron chi connectivity index (χ3n) is 4.24. The van der Waals surface area contributed by atoms with Crippen LogP contribution >= 0.6 is 24.0 Å².